The number of halogens is 2. The van der Waals surface area contributed by atoms with Crippen LogP contribution in [0.4, 0.5) is 8.78 Å². The number of benzene rings is 3. The molecule has 0 aliphatic carbocycles. The average molecular weight is 549 g/mol. The molecule has 0 unspecified atom stereocenters. The summed E-state index contributed by atoms with van der Waals surface area (Å²) in [5, 5.41) is 10.2. The topological polar surface area (TPSA) is 45.5 Å². The van der Waals surface area contributed by atoms with Crippen molar-refractivity contribution in [1.29, 1.82) is 0 Å². The molecule has 1 fully saturated rings. The third-order valence-electron chi connectivity index (χ3n) is 7.65. The maximum absolute atomic E-state index is 14.4. The van der Waals surface area contributed by atoms with E-state index in [1.54, 1.807) is 23.9 Å². The highest BCUT2D eigenvalue weighted by Gasteiger charge is 2.27. The molecule has 4 aromatic rings. The van der Waals surface area contributed by atoms with E-state index < -0.39 is 5.97 Å². The standard InChI is InChI=1S/C32H34F2N2O2S/c1-2-29-32(23-14-17-35(18-15-23)16-3-19-39-27-11-6-24(33)7-12-27)28-13-8-25(34)21-30(28)36(29)26-9-4-22(5-10-26)20-31(37)38/h4-13,21,23H,2-3,14-20H2,1H3,(H,37,38). The van der Waals surface area contributed by atoms with E-state index in [2.05, 4.69) is 16.4 Å². The van der Waals surface area contributed by atoms with E-state index in [-0.39, 0.29) is 18.1 Å². The molecule has 1 aliphatic heterocycles. The molecule has 39 heavy (non-hydrogen) atoms. The fourth-order valence-corrected chi connectivity index (χ4v) is 6.67. The van der Waals surface area contributed by atoms with Crippen molar-refractivity contribution in [2.24, 2.45) is 0 Å². The molecule has 0 atom stereocenters. The zero-order valence-corrected chi connectivity index (χ0v) is 23.0. The molecule has 204 valence electrons. The first-order valence-corrected chi connectivity index (χ1v) is 14.7. The quantitative estimate of drug-likeness (QED) is 0.165. The van der Waals surface area contributed by atoms with Crippen LogP contribution in [0, 0.1) is 11.6 Å². The second kappa shape index (κ2) is 12.3. The van der Waals surface area contributed by atoms with E-state index in [0.717, 1.165) is 78.1 Å². The Morgan fingerprint density at radius 3 is 2.33 bits per heavy atom. The maximum Gasteiger partial charge on any atom is 0.307 e. The Morgan fingerprint density at radius 1 is 0.974 bits per heavy atom. The van der Waals surface area contributed by atoms with Gasteiger partial charge in [0.25, 0.3) is 0 Å². The fraction of sp³-hybridized carbons (Fsp3) is 0.344. The van der Waals surface area contributed by atoms with E-state index >= 15 is 0 Å². The van der Waals surface area contributed by atoms with E-state index in [4.69, 9.17) is 5.11 Å². The molecule has 0 saturated carbocycles. The first kappa shape index (κ1) is 27.4. The van der Waals surface area contributed by atoms with Gasteiger partial charge in [-0.05, 0) is 123 Å². The van der Waals surface area contributed by atoms with Gasteiger partial charge in [0.15, 0.2) is 0 Å². The predicted octanol–water partition coefficient (Wildman–Crippen LogP) is 7.46. The lowest BCUT2D eigenvalue weighted by Crippen LogP contribution is -2.34. The SMILES string of the molecule is CCc1c(C2CCN(CCCSc3ccc(F)cc3)CC2)c2ccc(F)cc2n1-c1ccc(CC(=O)O)cc1. The van der Waals surface area contributed by atoms with Gasteiger partial charge in [-0.15, -0.1) is 11.8 Å². The Morgan fingerprint density at radius 2 is 1.67 bits per heavy atom. The van der Waals surface area contributed by atoms with Crippen molar-refractivity contribution in [1.82, 2.24) is 9.47 Å². The van der Waals surface area contributed by atoms with Crippen LogP contribution in [0.2, 0.25) is 0 Å². The summed E-state index contributed by atoms with van der Waals surface area (Å²) in [5.41, 5.74) is 5.08. The number of carboxylic acid groups (broad SMARTS) is 1. The van der Waals surface area contributed by atoms with Crippen LogP contribution in [-0.4, -0.2) is 45.9 Å². The molecule has 1 N–H and O–H groups in total. The van der Waals surface area contributed by atoms with Gasteiger partial charge in [-0.3, -0.25) is 4.79 Å². The molecule has 5 rings (SSSR count). The number of carboxylic acids is 1. The van der Waals surface area contributed by atoms with Crippen molar-refractivity contribution in [2.75, 3.05) is 25.4 Å². The molecule has 3 aromatic carbocycles. The van der Waals surface area contributed by atoms with Gasteiger partial charge in [-0.1, -0.05) is 19.1 Å². The highest BCUT2D eigenvalue weighted by Crippen LogP contribution is 2.40. The van der Waals surface area contributed by atoms with Crippen LogP contribution in [0.15, 0.2) is 71.6 Å². The van der Waals surface area contributed by atoms with Gasteiger partial charge in [0.05, 0.1) is 11.9 Å². The number of aliphatic carboxylic acids is 1. The lowest BCUT2D eigenvalue weighted by atomic mass is 9.87. The summed E-state index contributed by atoms with van der Waals surface area (Å²) in [4.78, 5) is 14.8. The lowest BCUT2D eigenvalue weighted by Gasteiger charge is -2.32. The second-order valence-corrected chi connectivity index (χ2v) is 11.4. The van der Waals surface area contributed by atoms with Crippen LogP contribution in [0.5, 0.6) is 0 Å². The van der Waals surface area contributed by atoms with Crippen LogP contribution < -0.4 is 0 Å². The van der Waals surface area contributed by atoms with Crippen molar-refractivity contribution in [2.45, 2.75) is 49.8 Å². The predicted molar refractivity (Wildman–Crippen MR) is 154 cm³/mol. The Hall–Kier alpha value is -3.16. The molecule has 4 nitrogen and oxygen atoms in total. The Balaban J connectivity index is 1.30. The first-order valence-electron chi connectivity index (χ1n) is 13.7. The van der Waals surface area contributed by atoms with Gasteiger partial charge < -0.3 is 14.6 Å². The second-order valence-electron chi connectivity index (χ2n) is 10.2. The molecule has 2 heterocycles. The van der Waals surface area contributed by atoms with E-state index in [9.17, 15) is 13.6 Å². The third-order valence-corrected chi connectivity index (χ3v) is 8.75. The van der Waals surface area contributed by atoms with E-state index in [1.165, 1.54) is 23.4 Å². The van der Waals surface area contributed by atoms with Crippen LogP contribution in [-0.2, 0) is 17.6 Å². The molecule has 7 heteroatoms. The summed E-state index contributed by atoms with van der Waals surface area (Å²) < 4.78 is 29.7. The lowest BCUT2D eigenvalue weighted by molar-refractivity contribution is -0.136. The van der Waals surface area contributed by atoms with Gasteiger partial charge in [-0.2, -0.15) is 0 Å². The monoisotopic (exact) mass is 548 g/mol. The number of aromatic nitrogens is 1. The normalized spacial score (nSPS) is 14.7. The fourth-order valence-electron chi connectivity index (χ4n) is 5.83. The van der Waals surface area contributed by atoms with Crippen LogP contribution in [0.1, 0.15) is 48.9 Å². The van der Waals surface area contributed by atoms with Gasteiger partial charge in [0.1, 0.15) is 11.6 Å². The molecule has 1 aliphatic rings. The highest BCUT2D eigenvalue weighted by molar-refractivity contribution is 7.99. The summed E-state index contributed by atoms with van der Waals surface area (Å²) in [5.74, 6) is 0.105. The van der Waals surface area contributed by atoms with Crippen LogP contribution >= 0.6 is 11.8 Å². The van der Waals surface area contributed by atoms with Crippen LogP contribution in [0.3, 0.4) is 0 Å². The minimum atomic E-state index is -0.856. The minimum Gasteiger partial charge on any atom is -0.481 e. The highest BCUT2D eigenvalue weighted by atomic mass is 32.2. The molecule has 1 aromatic heterocycles. The van der Waals surface area contributed by atoms with E-state index in [0.29, 0.717) is 5.92 Å². The minimum absolute atomic E-state index is 0.0171. The van der Waals surface area contributed by atoms with Crippen molar-refractivity contribution < 1.29 is 18.7 Å². The van der Waals surface area contributed by atoms with Gasteiger partial charge in [0, 0.05) is 21.7 Å². The molecule has 1 saturated heterocycles. The van der Waals surface area contributed by atoms with Crippen molar-refractivity contribution in [3.63, 3.8) is 0 Å². The summed E-state index contributed by atoms with van der Waals surface area (Å²) in [6, 6.07) is 19.4. The van der Waals surface area contributed by atoms with Gasteiger partial charge >= 0.3 is 5.97 Å². The number of fused-ring (bicyclic) bond motifs is 1. The van der Waals surface area contributed by atoms with Crippen molar-refractivity contribution >= 4 is 28.6 Å². The zero-order chi connectivity index (χ0) is 27.4. The van der Waals surface area contributed by atoms with Crippen molar-refractivity contribution in [3.8, 4) is 5.69 Å². The Labute approximate surface area is 232 Å². The smallest absolute Gasteiger partial charge is 0.307 e. The summed E-state index contributed by atoms with van der Waals surface area (Å²) >= 11 is 1.77. The van der Waals surface area contributed by atoms with E-state index in [1.807, 2.05) is 42.5 Å². The average Bonchev–Trinajstić information content (AvgIpc) is 3.26. The number of nitrogens with zero attached hydrogens (tertiary/aromatic N) is 2. The first-order chi connectivity index (χ1) is 18.9. The number of piperidine rings is 1. The molecule has 0 bridgehead atoms. The van der Waals surface area contributed by atoms with Gasteiger partial charge in [0.2, 0.25) is 0 Å². The van der Waals surface area contributed by atoms with Gasteiger partial charge in [-0.25, -0.2) is 8.78 Å². The number of hydrogen-bond acceptors (Lipinski definition) is 3. The zero-order valence-electron chi connectivity index (χ0n) is 22.2. The Kier molecular flexibility index (Phi) is 8.68. The number of carbonyl (C=O) groups is 1. The molecule has 0 amide bonds. The Bertz CT molecular complexity index is 1430. The molecule has 0 spiro atoms. The summed E-state index contributed by atoms with van der Waals surface area (Å²) in [7, 11) is 0. The van der Waals surface area contributed by atoms with Crippen molar-refractivity contribution in [3.05, 3.63) is 95.2 Å². The van der Waals surface area contributed by atoms with Crippen LogP contribution in [0.25, 0.3) is 16.6 Å². The summed E-state index contributed by atoms with van der Waals surface area (Å²) in [6.45, 7) is 5.27. The largest absolute Gasteiger partial charge is 0.481 e. The molecular weight excluding hydrogens is 514 g/mol. The number of rotatable bonds is 10. The maximum atomic E-state index is 14.4. The molecule has 0 radical (unpaired) electrons. The number of hydrogen-bond donors (Lipinski definition) is 1. The molecular formula is C32H34F2N2O2S. The summed E-state index contributed by atoms with van der Waals surface area (Å²) in [6.07, 6.45) is 4.02. The number of thioether (sulfide) groups is 1. The third kappa shape index (κ3) is 6.36. The number of likely N-dealkylation sites (tertiary alicyclic amines) is 1.